The molecule has 25 heavy (non-hydrogen) atoms. The normalized spacial score (nSPS) is 11.3. The van der Waals surface area contributed by atoms with Crippen LogP contribution in [0.25, 0.3) is 0 Å². The molecule has 2 aromatic rings. The molecule has 0 fully saturated rings. The van der Waals surface area contributed by atoms with Gasteiger partial charge in [-0.1, -0.05) is 11.6 Å². The summed E-state index contributed by atoms with van der Waals surface area (Å²) in [6.45, 7) is 0. The van der Waals surface area contributed by atoms with E-state index in [1.54, 1.807) is 0 Å². The molecular weight excluding hydrogens is 393 g/mol. The Morgan fingerprint density at radius 1 is 1.20 bits per heavy atom. The second kappa shape index (κ2) is 6.85. The number of hydrogen-bond donors (Lipinski definition) is 0. The lowest BCUT2D eigenvalue weighted by molar-refractivity contribution is -0.385. The molecule has 0 N–H and O–H groups in total. The van der Waals surface area contributed by atoms with Crippen molar-refractivity contribution in [2.45, 2.75) is 6.18 Å². The van der Waals surface area contributed by atoms with Gasteiger partial charge < -0.3 is 4.74 Å². The van der Waals surface area contributed by atoms with E-state index in [1.165, 1.54) is 0 Å². The summed E-state index contributed by atoms with van der Waals surface area (Å²) in [5.74, 6) is -2.43. The number of nitro benzene ring substituents is 1. The highest BCUT2D eigenvalue weighted by atomic mass is 35.5. The number of halogens is 6. The number of alkyl halides is 3. The van der Waals surface area contributed by atoms with E-state index in [0.717, 1.165) is 18.2 Å². The predicted octanol–water partition coefficient (Wildman–Crippen LogP) is 5.58. The zero-order chi connectivity index (χ0) is 18.9. The molecule has 0 radical (unpaired) electrons. The minimum atomic E-state index is -4.81. The van der Waals surface area contributed by atoms with Crippen LogP contribution in [0.4, 0.5) is 23.2 Å². The number of nitrogens with zero attached hydrogens (tertiary/aromatic N) is 1. The van der Waals surface area contributed by atoms with Crippen molar-refractivity contribution in [2.75, 3.05) is 0 Å². The van der Waals surface area contributed by atoms with Gasteiger partial charge in [0.1, 0.15) is 11.3 Å². The molecule has 0 spiro atoms. The first-order valence-electron chi connectivity index (χ1n) is 6.23. The van der Waals surface area contributed by atoms with Crippen LogP contribution in [-0.2, 0) is 6.18 Å². The molecule has 0 bridgehead atoms. The monoisotopic (exact) mass is 397 g/mol. The lowest BCUT2D eigenvalue weighted by atomic mass is 10.2. The molecule has 0 aliphatic heterocycles. The summed E-state index contributed by atoms with van der Waals surface area (Å²) in [5, 5.41) is 8.96. The molecular formula is C14H5Cl2F4NO4. The lowest BCUT2D eigenvalue weighted by Crippen LogP contribution is -2.06. The number of carbonyl (C=O) groups excluding carboxylic acids is 1. The summed E-state index contributed by atoms with van der Waals surface area (Å²) in [6, 6.07) is 3.37. The van der Waals surface area contributed by atoms with Crippen molar-refractivity contribution in [1.29, 1.82) is 0 Å². The van der Waals surface area contributed by atoms with Crippen molar-refractivity contribution in [2.24, 2.45) is 0 Å². The second-order valence-electron chi connectivity index (χ2n) is 4.58. The average Bonchev–Trinajstić information content (AvgIpc) is 2.49. The highest BCUT2D eigenvalue weighted by Gasteiger charge is 2.33. The van der Waals surface area contributed by atoms with Crippen LogP contribution < -0.4 is 4.74 Å². The van der Waals surface area contributed by atoms with E-state index < -0.39 is 49.7 Å². The smallest absolute Gasteiger partial charge is 0.416 e. The van der Waals surface area contributed by atoms with E-state index in [4.69, 9.17) is 27.9 Å². The first-order chi connectivity index (χ1) is 11.5. The molecule has 11 heteroatoms. The minimum Gasteiger partial charge on any atom is -0.453 e. The van der Waals surface area contributed by atoms with Crippen LogP contribution in [-0.4, -0.2) is 10.2 Å². The first-order valence-corrected chi connectivity index (χ1v) is 6.98. The Balaban J connectivity index is 2.45. The van der Waals surface area contributed by atoms with Crippen molar-refractivity contribution in [1.82, 2.24) is 0 Å². The van der Waals surface area contributed by atoms with Gasteiger partial charge in [-0.25, -0.2) is 4.39 Å². The number of rotatable bonds is 4. The van der Waals surface area contributed by atoms with Crippen molar-refractivity contribution < 1.29 is 32.0 Å². The van der Waals surface area contributed by atoms with Crippen LogP contribution in [0.3, 0.4) is 0 Å². The maximum atomic E-state index is 13.9. The van der Waals surface area contributed by atoms with Crippen LogP contribution >= 0.6 is 23.2 Å². The van der Waals surface area contributed by atoms with Crippen LogP contribution in [0.15, 0.2) is 30.3 Å². The highest BCUT2D eigenvalue weighted by molar-refractivity contribution is 6.68. The SMILES string of the molecule is O=C(Cl)c1cc(Oc2c(F)cc(C(F)(F)F)cc2Cl)ccc1[N+](=O)[O-]. The zero-order valence-corrected chi connectivity index (χ0v) is 13.2. The second-order valence-corrected chi connectivity index (χ2v) is 5.33. The van der Waals surface area contributed by atoms with Crippen molar-refractivity contribution in [3.05, 3.63) is 62.4 Å². The van der Waals surface area contributed by atoms with Gasteiger partial charge in [-0.3, -0.25) is 14.9 Å². The van der Waals surface area contributed by atoms with Gasteiger partial charge in [-0.15, -0.1) is 0 Å². The van der Waals surface area contributed by atoms with Crippen molar-refractivity contribution in [3.63, 3.8) is 0 Å². The third-order valence-corrected chi connectivity index (χ3v) is 3.41. The molecule has 0 saturated carbocycles. The van der Waals surface area contributed by atoms with Crippen LogP contribution in [0.2, 0.25) is 5.02 Å². The third kappa shape index (κ3) is 4.18. The first kappa shape index (κ1) is 18.9. The number of ether oxygens (including phenoxy) is 1. The van der Waals surface area contributed by atoms with Crippen molar-refractivity contribution in [3.8, 4) is 11.5 Å². The molecule has 0 heterocycles. The van der Waals surface area contributed by atoms with E-state index in [2.05, 4.69) is 0 Å². The molecule has 0 saturated heterocycles. The maximum absolute atomic E-state index is 13.9. The van der Waals surface area contributed by atoms with Crippen LogP contribution in [0.5, 0.6) is 11.5 Å². The largest absolute Gasteiger partial charge is 0.453 e. The Morgan fingerprint density at radius 3 is 2.32 bits per heavy atom. The molecule has 0 amide bonds. The maximum Gasteiger partial charge on any atom is 0.416 e. The fourth-order valence-corrected chi connectivity index (χ4v) is 2.23. The molecule has 2 aromatic carbocycles. The standard InChI is InChI=1S/C14H5Cl2F4NO4/c15-9-3-6(14(18,19)20)4-10(17)12(9)25-7-1-2-11(21(23)24)8(5-7)13(16)22/h1-5H. The van der Waals surface area contributed by atoms with Crippen LogP contribution in [0.1, 0.15) is 15.9 Å². The van der Waals surface area contributed by atoms with Crippen LogP contribution in [0, 0.1) is 15.9 Å². The number of carbonyl (C=O) groups is 1. The Labute approximate surface area is 146 Å². The van der Waals surface area contributed by atoms with E-state index in [1.807, 2.05) is 0 Å². The summed E-state index contributed by atoms with van der Waals surface area (Å²) >= 11 is 10.8. The zero-order valence-electron chi connectivity index (χ0n) is 11.7. The highest BCUT2D eigenvalue weighted by Crippen LogP contribution is 2.39. The minimum absolute atomic E-state index is 0.181. The van der Waals surface area contributed by atoms with Gasteiger partial charge in [-0.05, 0) is 35.9 Å². The summed E-state index contributed by atoms with van der Waals surface area (Å²) in [5.41, 5.74) is -2.47. The van der Waals surface area contributed by atoms with E-state index >= 15 is 0 Å². The van der Waals surface area contributed by atoms with Gasteiger partial charge in [0.25, 0.3) is 10.9 Å². The Kier molecular flexibility index (Phi) is 5.19. The van der Waals surface area contributed by atoms with E-state index in [0.29, 0.717) is 6.07 Å². The third-order valence-electron chi connectivity index (χ3n) is 2.92. The number of hydrogen-bond acceptors (Lipinski definition) is 4. The fraction of sp³-hybridized carbons (Fsp3) is 0.0714. The molecule has 0 aliphatic carbocycles. The summed E-state index contributed by atoms with van der Waals surface area (Å²) in [7, 11) is 0. The summed E-state index contributed by atoms with van der Waals surface area (Å²) in [6.07, 6.45) is -4.81. The van der Waals surface area contributed by atoms with Crippen molar-refractivity contribution >= 4 is 34.1 Å². The number of nitro groups is 1. The summed E-state index contributed by atoms with van der Waals surface area (Å²) < 4.78 is 56.7. The Bertz CT molecular complexity index is 847. The summed E-state index contributed by atoms with van der Waals surface area (Å²) in [4.78, 5) is 21.2. The molecule has 132 valence electrons. The van der Waals surface area contributed by atoms with Gasteiger partial charge in [0.2, 0.25) is 0 Å². The molecule has 0 aromatic heterocycles. The molecule has 5 nitrogen and oxygen atoms in total. The molecule has 2 rings (SSSR count). The Hall–Kier alpha value is -2.39. The lowest BCUT2D eigenvalue weighted by Gasteiger charge is -2.12. The Morgan fingerprint density at radius 2 is 1.84 bits per heavy atom. The average molecular weight is 398 g/mol. The predicted molar refractivity (Wildman–Crippen MR) is 79.8 cm³/mol. The topological polar surface area (TPSA) is 69.4 Å². The van der Waals surface area contributed by atoms with E-state index in [-0.39, 0.29) is 11.8 Å². The van der Waals surface area contributed by atoms with Gasteiger partial charge in [-0.2, -0.15) is 13.2 Å². The van der Waals surface area contributed by atoms with Gasteiger partial charge in [0, 0.05) is 6.07 Å². The fourth-order valence-electron chi connectivity index (χ4n) is 1.83. The van der Waals surface area contributed by atoms with Gasteiger partial charge in [0.05, 0.1) is 15.5 Å². The molecule has 0 aliphatic rings. The van der Waals surface area contributed by atoms with Gasteiger partial charge >= 0.3 is 6.18 Å². The van der Waals surface area contributed by atoms with Gasteiger partial charge in [0.15, 0.2) is 11.6 Å². The quantitative estimate of drug-likeness (QED) is 0.292. The molecule has 0 atom stereocenters. The number of benzene rings is 2. The van der Waals surface area contributed by atoms with E-state index in [9.17, 15) is 32.5 Å². The molecule has 0 unspecified atom stereocenters.